The first-order valence-corrected chi connectivity index (χ1v) is 9.11. The predicted octanol–water partition coefficient (Wildman–Crippen LogP) is 2.55. The average molecular weight is 454 g/mol. The van der Waals surface area contributed by atoms with Crippen molar-refractivity contribution >= 4 is 5.91 Å². The van der Waals surface area contributed by atoms with Crippen LogP contribution in [0.1, 0.15) is 35.9 Å². The molecule has 2 heterocycles. The molecule has 2 aromatic heterocycles. The Morgan fingerprint density at radius 1 is 1.25 bits per heavy atom. The first-order valence-electron chi connectivity index (χ1n) is 9.11. The number of benzene rings is 1. The fourth-order valence-corrected chi connectivity index (χ4v) is 2.98. The number of ether oxygens (including phenoxy) is 1. The van der Waals surface area contributed by atoms with E-state index in [-0.39, 0.29) is 22.6 Å². The summed E-state index contributed by atoms with van der Waals surface area (Å²) in [7, 11) is 1.46. The molecular formula is C19H18F4N6O3. The number of alkyl halides is 3. The number of hydrogen-bond donors (Lipinski definition) is 2. The first-order chi connectivity index (χ1) is 14.9. The number of nitrogens with one attached hydrogen (secondary N) is 1. The second kappa shape index (κ2) is 8.49. The van der Waals surface area contributed by atoms with Crippen LogP contribution in [0.15, 0.2) is 36.8 Å². The van der Waals surface area contributed by atoms with Gasteiger partial charge in [0.05, 0.1) is 17.8 Å². The van der Waals surface area contributed by atoms with Crippen molar-refractivity contribution in [2.45, 2.75) is 31.9 Å². The summed E-state index contributed by atoms with van der Waals surface area (Å²) in [5, 5.41) is 20.8. The molecule has 1 aromatic carbocycles. The smallest absolute Gasteiger partial charge is 0.403 e. The van der Waals surface area contributed by atoms with Crippen molar-refractivity contribution in [1.29, 1.82) is 0 Å². The molecule has 0 saturated carbocycles. The van der Waals surface area contributed by atoms with Crippen LogP contribution in [0.2, 0.25) is 0 Å². The van der Waals surface area contributed by atoms with E-state index in [1.54, 1.807) is 0 Å². The highest BCUT2D eigenvalue weighted by Gasteiger charge is 2.35. The maximum absolute atomic E-state index is 14.2. The third kappa shape index (κ3) is 5.17. The number of hydrogen-bond acceptors (Lipinski definition) is 7. The number of carbonyl (C=O) groups is 1. The Balaban J connectivity index is 1.94. The molecule has 0 radical (unpaired) electrons. The van der Waals surface area contributed by atoms with E-state index in [2.05, 4.69) is 30.3 Å². The lowest BCUT2D eigenvalue weighted by Crippen LogP contribution is -2.42. The Hall–Kier alpha value is -3.61. The minimum Gasteiger partial charge on any atom is -0.403 e. The van der Waals surface area contributed by atoms with Gasteiger partial charge in [0.25, 0.3) is 5.91 Å². The van der Waals surface area contributed by atoms with Crippen LogP contribution < -0.4 is 10.1 Å². The molecule has 0 aliphatic rings. The molecule has 0 aliphatic heterocycles. The number of rotatable bonds is 6. The van der Waals surface area contributed by atoms with Crippen LogP contribution in [0.5, 0.6) is 5.75 Å². The number of aliphatic hydroxyl groups is 1. The maximum atomic E-state index is 14.2. The molecule has 170 valence electrons. The summed E-state index contributed by atoms with van der Waals surface area (Å²) in [5.41, 5.74) is -1.25. The van der Waals surface area contributed by atoms with E-state index >= 15 is 0 Å². The third-order valence-electron chi connectivity index (χ3n) is 4.34. The van der Waals surface area contributed by atoms with E-state index in [4.69, 9.17) is 0 Å². The highest BCUT2D eigenvalue weighted by Crippen LogP contribution is 2.32. The summed E-state index contributed by atoms with van der Waals surface area (Å²) in [6.07, 6.45) is -0.859. The van der Waals surface area contributed by atoms with E-state index in [9.17, 15) is 27.5 Å². The van der Waals surface area contributed by atoms with E-state index in [0.717, 1.165) is 18.2 Å². The summed E-state index contributed by atoms with van der Waals surface area (Å²) in [4.78, 5) is 21.0. The van der Waals surface area contributed by atoms with Gasteiger partial charge in [-0.1, -0.05) is 11.3 Å². The zero-order valence-electron chi connectivity index (χ0n) is 17.1. The summed E-state index contributed by atoms with van der Waals surface area (Å²) >= 11 is 0. The van der Waals surface area contributed by atoms with E-state index in [0.29, 0.717) is 0 Å². The van der Waals surface area contributed by atoms with Gasteiger partial charge in [-0.15, -0.1) is 18.3 Å². The van der Waals surface area contributed by atoms with E-state index in [1.165, 1.54) is 44.2 Å². The Morgan fingerprint density at radius 3 is 2.53 bits per heavy atom. The van der Waals surface area contributed by atoms with Crippen molar-refractivity contribution in [3.8, 4) is 17.1 Å². The summed E-state index contributed by atoms with van der Waals surface area (Å²) in [6, 6.07) is 1.40. The van der Waals surface area contributed by atoms with Crippen molar-refractivity contribution in [3.63, 3.8) is 0 Å². The van der Waals surface area contributed by atoms with Crippen LogP contribution in [0.3, 0.4) is 0 Å². The highest BCUT2D eigenvalue weighted by molar-refractivity contribution is 5.98. The monoisotopic (exact) mass is 454 g/mol. The number of aryl methyl sites for hydroxylation is 1. The van der Waals surface area contributed by atoms with Crippen molar-refractivity contribution in [3.05, 3.63) is 53.9 Å². The van der Waals surface area contributed by atoms with Crippen LogP contribution in [0.25, 0.3) is 11.4 Å². The van der Waals surface area contributed by atoms with E-state index in [1.807, 2.05) is 0 Å². The van der Waals surface area contributed by atoms with Gasteiger partial charge in [0.2, 0.25) is 0 Å². The second-order valence-electron chi connectivity index (χ2n) is 7.30. The minimum atomic E-state index is -5.07. The molecule has 13 heteroatoms. The third-order valence-corrected chi connectivity index (χ3v) is 4.34. The Kier molecular flexibility index (Phi) is 6.12. The Labute approximate surface area is 179 Å². The fourth-order valence-electron chi connectivity index (χ4n) is 2.98. The predicted molar refractivity (Wildman–Crippen MR) is 102 cm³/mol. The number of carbonyl (C=O) groups excluding carboxylic acids is 1. The molecule has 3 rings (SSSR count). The summed E-state index contributed by atoms with van der Waals surface area (Å²) in [5.74, 6) is -3.09. The zero-order valence-corrected chi connectivity index (χ0v) is 17.1. The molecular weight excluding hydrogens is 436 g/mol. The van der Waals surface area contributed by atoms with Crippen LogP contribution in [0.4, 0.5) is 17.6 Å². The lowest BCUT2D eigenvalue weighted by Gasteiger charge is -2.31. The second-order valence-corrected chi connectivity index (χ2v) is 7.30. The normalized spacial score (nSPS) is 13.0. The minimum absolute atomic E-state index is 0.00838. The van der Waals surface area contributed by atoms with Crippen molar-refractivity contribution in [2.24, 2.45) is 7.05 Å². The van der Waals surface area contributed by atoms with Crippen molar-refractivity contribution in [2.75, 3.05) is 0 Å². The fraction of sp³-hybridized carbons (Fsp3) is 0.316. The molecule has 0 bridgehead atoms. The lowest BCUT2D eigenvalue weighted by molar-refractivity contribution is -0.275. The first kappa shape index (κ1) is 23.1. The zero-order chi connectivity index (χ0) is 23.7. The molecule has 0 aliphatic carbocycles. The van der Waals surface area contributed by atoms with Gasteiger partial charge < -0.3 is 15.2 Å². The summed E-state index contributed by atoms with van der Waals surface area (Å²) < 4.78 is 56.2. The van der Waals surface area contributed by atoms with Gasteiger partial charge in [-0.2, -0.15) is 0 Å². The largest absolute Gasteiger partial charge is 0.573 e. The van der Waals surface area contributed by atoms with Crippen LogP contribution in [-0.2, 0) is 7.05 Å². The molecule has 0 fully saturated rings. The van der Waals surface area contributed by atoms with Gasteiger partial charge in [-0.25, -0.2) is 9.07 Å². The number of amides is 1. The number of halogens is 4. The molecule has 0 spiro atoms. The molecule has 0 saturated heterocycles. The van der Waals surface area contributed by atoms with Gasteiger partial charge in [-0.05, 0) is 31.5 Å². The standard InChI is InChI=1S/C19H18F4N6O3/c1-18(2,31)16(10-4-5-13(11(20)8-10)32-19(21,22)23)26-17(30)15-14(27-28-29(15)3)12-9-24-6-7-25-12/h4-9,16,31H,1-3H3,(H,26,30)/t16-/m0/s1. The molecule has 2 N–H and O–H groups in total. The van der Waals surface area contributed by atoms with Gasteiger partial charge in [0.1, 0.15) is 11.4 Å². The SMILES string of the molecule is Cn1nnc(-c2cnccn2)c1C(=O)N[C@@H](c1ccc(OC(F)(F)F)c(F)c1)C(C)(C)O. The molecule has 32 heavy (non-hydrogen) atoms. The maximum Gasteiger partial charge on any atom is 0.573 e. The molecule has 3 aromatic rings. The Bertz CT molecular complexity index is 1110. The van der Waals surface area contributed by atoms with Crippen LogP contribution >= 0.6 is 0 Å². The molecule has 1 amide bonds. The van der Waals surface area contributed by atoms with Crippen LogP contribution in [0, 0.1) is 5.82 Å². The topological polar surface area (TPSA) is 115 Å². The van der Waals surface area contributed by atoms with Crippen molar-refractivity contribution in [1.82, 2.24) is 30.3 Å². The van der Waals surface area contributed by atoms with E-state index < -0.39 is 35.5 Å². The van der Waals surface area contributed by atoms with Gasteiger partial charge in [0.15, 0.2) is 17.3 Å². The molecule has 0 unspecified atom stereocenters. The summed E-state index contributed by atoms with van der Waals surface area (Å²) in [6.45, 7) is 2.70. The molecule has 1 atom stereocenters. The van der Waals surface area contributed by atoms with Crippen LogP contribution in [-0.4, -0.2) is 47.9 Å². The van der Waals surface area contributed by atoms with Gasteiger partial charge in [0, 0.05) is 19.4 Å². The quantitative estimate of drug-likeness (QED) is 0.550. The number of nitrogens with zero attached hydrogens (tertiary/aromatic N) is 5. The Morgan fingerprint density at radius 2 is 1.97 bits per heavy atom. The lowest BCUT2D eigenvalue weighted by atomic mass is 9.91. The van der Waals surface area contributed by atoms with Crippen molar-refractivity contribution < 1.29 is 32.2 Å². The number of aromatic nitrogens is 5. The average Bonchev–Trinajstić information content (AvgIpc) is 3.08. The highest BCUT2D eigenvalue weighted by atomic mass is 19.4. The van der Waals surface area contributed by atoms with Gasteiger partial charge in [-0.3, -0.25) is 14.8 Å². The molecule has 9 nitrogen and oxygen atoms in total. The van der Waals surface area contributed by atoms with Gasteiger partial charge >= 0.3 is 6.36 Å².